The number of carbonyl (C=O) groups is 2. The van der Waals surface area contributed by atoms with Crippen LogP contribution in [0.15, 0.2) is 18.2 Å². The number of rotatable bonds is 5. The summed E-state index contributed by atoms with van der Waals surface area (Å²) >= 11 is 5.88. The van der Waals surface area contributed by atoms with E-state index >= 15 is 0 Å². The van der Waals surface area contributed by atoms with E-state index in [-0.39, 0.29) is 29.5 Å². The van der Waals surface area contributed by atoms with Crippen LogP contribution < -0.4 is 10.6 Å². The smallest absolute Gasteiger partial charge is 0.252 e. The highest BCUT2D eigenvalue weighted by Crippen LogP contribution is 2.58. The summed E-state index contributed by atoms with van der Waals surface area (Å²) in [4.78, 5) is 24.3. The van der Waals surface area contributed by atoms with Crippen molar-refractivity contribution in [3.05, 3.63) is 34.6 Å². The Kier molecular flexibility index (Phi) is 4.91. The molecule has 0 spiro atoms. The Bertz CT molecular complexity index is 726. The molecule has 2 bridgehead atoms. The van der Waals surface area contributed by atoms with Crippen molar-refractivity contribution >= 4 is 23.4 Å². The molecule has 3 saturated carbocycles. The first-order chi connectivity index (χ1) is 12.5. The van der Waals surface area contributed by atoms with E-state index in [1.54, 1.807) is 0 Å². The number of fused-ring (bicyclic) bond motifs is 5. The van der Waals surface area contributed by atoms with Gasteiger partial charge in [0.15, 0.2) is 0 Å². The molecule has 6 heteroatoms. The van der Waals surface area contributed by atoms with Gasteiger partial charge in [-0.1, -0.05) is 18.0 Å². The molecule has 3 aliphatic rings. The van der Waals surface area contributed by atoms with Crippen LogP contribution in [0.4, 0.5) is 4.39 Å². The summed E-state index contributed by atoms with van der Waals surface area (Å²) in [5.41, 5.74) is 0.217. The molecule has 0 radical (unpaired) electrons. The van der Waals surface area contributed by atoms with Crippen molar-refractivity contribution in [1.29, 1.82) is 0 Å². The molecule has 1 aromatic carbocycles. The molecule has 0 unspecified atom stereocenters. The lowest BCUT2D eigenvalue weighted by molar-refractivity contribution is -0.122. The van der Waals surface area contributed by atoms with Gasteiger partial charge < -0.3 is 10.6 Å². The Hall–Kier alpha value is -1.62. The minimum absolute atomic E-state index is 0.0115. The summed E-state index contributed by atoms with van der Waals surface area (Å²) in [5, 5.41) is 5.94. The van der Waals surface area contributed by atoms with Crippen molar-refractivity contribution in [3.63, 3.8) is 0 Å². The normalized spacial score (nSPS) is 31.7. The van der Waals surface area contributed by atoms with Crippen LogP contribution in [0.5, 0.6) is 0 Å². The van der Waals surface area contributed by atoms with E-state index in [2.05, 4.69) is 10.6 Å². The fourth-order valence-corrected chi connectivity index (χ4v) is 5.82. The standard InChI is InChI=1S/C20H24ClFN2O2/c21-17-10-12(22)4-5-15(17)20(26)23-7-6-19(25)24-18-9-11-8-16(18)14-3-1-2-13(11)14/h4-5,10-11,13-14,16,18H,1-3,6-9H2,(H,23,26)(H,24,25)/t11-,13-,14-,16+,18-/m1/s1. The van der Waals surface area contributed by atoms with E-state index in [1.807, 2.05) is 0 Å². The van der Waals surface area contributed by atoms with Crippen molar-refractivity contribution in [2.24, 2.45) is 23.7 Å². The van der Waals surface area contributed by atoms with E-state index < -0.39 is 11.7 Å². The fourth-order valence-electron chi connectivity index (χ4n) is 5.57. The monoisotopic (exact) mass is 378 g/mol. The van der Waals surface area contributed by atoms with Crippen molar-refractivity contribution < 1.29 is 14.0 Å². The topological polar surface area (TPSA) is 58.2 Å². The van der Waals surface area contributed by atoms with Crippen LogP contribution in [0.1, 0.15) is 48.9 Å². The third-order valence-electron chi connectivity index (χ3n) is 6.59. The van der Waals surface area contributed by atoms with E-state index in [0.29, 0.717) is 12.0 Å². The summed E-state index contributed by atoms with van der Waals surface area (Å²) in [6.45, 7) is 0.241. The summed E-state index contributed by atoms with van der Waals surface area (Å²) in [7, 11) is 0. The summed E-state index contributed by atoms with van der Waals surface area (Å²) in [6, 6.07) is 3.96. The Balaban J connectivity index is 1.23. The maximum atomic E-state index is 13.0. The van der Waals surface area contributed by atoms with Gasteiger partial charge in [-0.3, -0.25) is 9.59 Å². The number of nitrogens with one attached hydrogen (secondary N) is 2. The number of amides is 2. The van der Waals surface area contributed by atoms with Crippen molar-refractivity contribution in [2.45, 2.75) is 44.6 Å². The van der Waals surface area contributed by atoms with E-state index in [0.717, 1.165) is 30.2 Å². The third-order valence-corrected chi connectivity index (χ3v) is 6.90. The van der Waals surface area contributed by atoms with Gasteiger partial charge in [-0.05, 0) is 67.6 Å². The molecule has 4 nitrogen and oxygen atoms in total. The zero-order valence-electron chi connectivity index (χ0n) is 14.6. The number of benzene rings is 1. The van der Waals surface area contributed by atoms with Crippen LogP contribution in [-0.2, 0) is 4.79 Å². The van der Waals surface area contributed by atoms with Gasteiger partial charge in [0.05, 0.1) is 10.6 Å². The van der Waals surface area contributed by atoms with Gasteiger partial charge >= 0.3 is 0 Å². The minimum Gasteiger partial charge on any atom is -0.353 e. The second kappa shape index (κ2) is 7.18. The second-order valence-electron chi connectivity index (χ2n) is 7.96. The molecule has 1 aromatic rings. The quantitative estimate of drug-likeness (QED) is 0.823. The molecule has 0 aromatic heterocycles. The van der Waals surface area contributed by atoms with Gasteiger partial charge in [0.1, 0.15) is 5.82 Å². The van der Waals surface area contributed by atoms with Gasteiger partial charge in [-0.2, -0.15) is 0 Å². The molecule has 0 heterocycles. The maximum absolute atomic E-state index is 13.0. The lowest BCUT2D eigenvalue weighted by atomic mass is 9.79. The molecule has 5 atom stereocenters. The largest absolute Gasteiger partial charge is 0.353 e. The average molecular weight is 379 g/mol. The van der Waals surface area contributed by atoms with Crippen molar-refractivity contribution in [2.75, 3.05) is 6.54 Å². The highest BCUT2D eigenvalue weighted by atomic mass is 35.5. The Morgan fingerprint density at radius 1 is 1.15 bits per heavy atom. The predicted molar refractivity (Wildman–Crippen MR) is 97.3 cm³/mol. The first kappa shape index (κ1) is 17.8. The molecule has 3 aliphatic carbocycles. The molecule has 4 rings (SSSR count). The van der Waals surface area contributed by atoms with E-state index in [9.17, 15) is 14.0 Å². The van der Waals surface area contributed by atoms with Crippen LogP contribution in [0.3, 0.4) is 0 Å². The Labute approximate surface area is 157 Å². The highest BCUT2D eigenvalue weighted by molar-refractivity contribution is 6.33. The molecule has 3 fully saturated rings. The van der Waals surface area contributed by atoms with Gasteiger partial charge in [-0.15, -0.1) is 0 Å². The SMILES string of the molecule is O=C(CCNC(=O)c1ccc(F)cc1Cl)N[C@@H]1C[C@H]2C[C@H]1[C@@H]1CCC[C@H]21. The lowest BCUT2D eigenvalue weighted by Crippen LogP contribution is -2.43. The Morgan fingerprint density at radius 3 is 2.77 bits per heavy atom. The van der Waals surface area contributed by atoms with Gasteiger partial charge in [0.25, 0.3) is 5.91 Å². The lowest BCUT2D eigenvalue weighted by Gasteiger charge is -2.32. The summed E-state index contributed by atoms with van der Waals surface area (Å²) in [5.74, 6) is 2.30. The van der Waals surface area contributed by atoms with Crippen LogP contribution in [0, 0.1) is 29.5 Å². The number of halogens is 2. The van der Waals surface area contributed by atoms with E-state index in [1.165, 1.54) is 37.8 Å². The molecule has 26 heavy (non-hydrogen) atoms. The average Bonchev–Trinajstić information content (AvgIpc) is 3.27. The van der Waals surface area contributed by atoms with Gasteiger partial charge in [0, 0.05) is 19.0 Å². The highest BCUT2D eigenvalue weighted by Gasteiger charge is 2.53. The van der Waals surface area contributed by atoms with Crippen LogP contribution in [0.2, 0.25) is 5.02 Å². The summed E-state index contributed by atoms with van der Waals surface area (Å²) in [6.07, 6.45) is 6.69. The molecule has 2 N–H and O–H groups in total. The molecular weight excluding hydrogens is 355 g/mol. The predicted octanol–water partition coefficient (Wildman–Crippen LogP) is 3.54. The molecular formula is C20H24ClFN2O2. The second-order valence-corrected chi connectivity index (χ2v) is 8.37. The molecule has 2 amide bonds. The molecule has 0 saturated heterocycles. The Morgan fingerprint density at radius 2 is 1.96 bits per heavy atom. The van der Waals surface area contributed by atoms with Gasteiger partial charge in [-0.25, -0.2) is 4.39 Å². The van der Waals surface area contributed by atoms with E-state index in [4.69, 9.17) is 11.6 Å². The first-order valence-corrected chi connectivity index (χ1v) is 9.93. The van der Waals surface area contributed by atoms with Crippen molar-refractivity contribution in [3.8, 4) is 0 Å². The maximum Gasteiger partial charge on any atom is 0.252 e. The molecule has 140 valence electrons. The first-order valence-electron chi connectivity index (χ1n) is 9.55. The minimum atomic E-state index is -0.485. The molecule has 0 aliphatic heterocycles. The zero-order valence-corrected chi connectivity index (χ0v) is 15.4. The zero-order chi connectivity index (χ0) is 18.3. The number of hydrogen-bond donors (Lipinski definition) is 2. The van der Waals surface area contributed by atoms with Crippen LogP contribution in [0.25, 0.3) is 0 Å². The number of carbonyl (C=O) groups excluding carboxylic acids is 2. The fraction of sp³-hybridized carbons (Fsp3) is 0.600. The third kappa shape index (κ3) is 3.34. The van der Waals surface area contributed by atoms with Gasteiger partial charge in [0.2, 0.25) is 5.91 Å². The summed E-state index contributed by atoms with van der Waals surface area (Å²) < 4.78 is 13.0. The van der Waals surface area contributed by atoms with Crippen molar-refractivity contribution in [1.82, 2.24) is 10.6 Å². The van der Waals surface area contributed by atoms with Crippen LogP contribution in [-0.4, -0.2) is 24.4 Å². The van der Waals surface area contributed by atoms with Crippen LogP contribution >= 0.6 is 11.6 Å². The number of hydrogen-bond acceptors (Lipinski definition) is 2.